The number of phenols is 1. The highest BCUT2D eigenvalue weighted by molar-refractivity contribution is 5.81. The number of hydrogen-bond donors (Lipinski definition) is 5. The summed E-state index contributed by atoms with van der Waals surface area (Å²) in [5.41, 5.74) is 20.9. The summed E-state index contributed by atoms with van der Waals surface area (Å²) in [7, 11) is 0. The lowest BCUT2D eigenvalue weighted by Gasteiger charge is -2.38. The highest BCUT2D eigenvalue weighted by Gasteiger charge is 2.34. The number of ether oxygens (including phenoxy) is 3. The predicted octanol–water partition coefficient (Wildman–Crippen LogP) is 2.10. The molecule has 394 valence electrons. The number of carbonyl (C=O) groups is 2. The summed E-state index contributed by atoms with van der Waals surface area (Å²) in [6, 6.07) is 5.03. The standard InChI is InChI=1S/C49H77N17O6/c1-6-24-70-26-28-72-29-27-71-25-15-53-47-54-48(63-20-16-61(17-21-63)45(68)43(9-7-8-14-50)65-33-41(57-59-65)39(51)30-35(2)3)56-49(55-47)64-22-18-62(19-23-64)46(69)44(32-37-10-12-38(67)13-11-37)66-34-42(58-60-66)40(52)31-36(4)5/h1,10-13,33-36,39-40,43-44,67H,7-9,14-32,50-52H2,2-5H3,(H,53,54,55,56). The summed E-state index contributed by atoms with van der Waals surface area (Å²) < 4.78 is 19.9. The van der Waals surface area contributed by atoms with E-state index in [4.69, 9.17) is 52.8 Å². The Labute approximate surface area is 423 Å². The largest absolute Gasteiger partial charge is 0.508 e. The molecular weight excluding hydrogens is 923 g/mol. The maximum Gasteiger partial charge on any atom is 0.247 e. The summed E-state index contributed by atoms with van der Waals surface area (Å²) in [4.78, 5) is 51.3. The average Bonchev–Trinajstić information content (AvgIpc) is 4.08. The Balaban J connectivity index is 1.14. The molecule has 0 radical (unpaired) electrons. The van der Waals surface area contributed by atoms with Crippen molar-refractivity contribution in [2.75, 3.05) is 120 Å². The number of phenolic OH excluding ortho intramolecular Hbond substituents is 1. The predicted molar refractivity (Wildman–Crippen MR) is 273 cm³/mol. The number of carbonyl (C=O) groups excluding carboxylic acids is 2. The monoisotopic (exact) mass is 1000 g/mol. The lowest BCUT2D eigenvalue weighted by Crippen LogP contribution is -2.52. The van der Waals surface area contributed by atoms with Crippen LogP contribution in [0.1, 0.15) is 101 Å². The van der Waals surface area contributed by atoms with Crippen molar-refractivity contribution in [3.8, 4) is 18.1 Å². The number of aromatic hydroxyl groups is 1. The summed E-state index contributed by atoms with van der Waals surface area (Å²) in [5, 5.41) is 30.8. The molecule has 72 heavy (non-hydrogen) atoms. The quantitative estimate of drug-likeness (QED) is 0.0385. The summed E-state index contributed by atoms with van der Waals surface area (Å²) in [6.07, 6.45) is 12.8. The Hall–Kier alpha value is -6.03. The molecule has 6 rings (SSSR count). The Morgan fingerprint density at radius 1 is 0.708 bits per heavy atom. The van der Waals surface area contributed by atoms with Crippen LogP contribution in [0.15, 0.2) is 36.7 Å². The van der Waals surface area contributed by atoms with Gasteiger partial charge in [0.25, 0.3) is 0 Å². The number of rotatable bonds is 29. The SMILES string of the molecule is C#CCOCCOCCOCCNc1nc(N2CCN(C(=O)C(CCCCN)n3cc(C(N)CC(C)C)nn3)CC2)nc(N2CCN(C(=O)C(Cc3ccc(O)cc3)n3cc(C(N)CC(C)C)nn3)CC2)n1. The van der Waals surface area contributed by atoms with Gasteiger partial charge in [0, 0.05) is 65.3 Å². The number of nitrogens with one attached hydrogen (secondary N) is 1. The fraction of sp³-hybridized carbons (Fsp3) is 0.653. The third-order valence-corrected chi connectivity index (χ3v) is 12.6. The van der Waals surface area contributed by atoms with Gasteiger partial charge in [0.15, 0.2) is 0 Å². The van der Waals surface area contributed by atoms with Crippen LogP contribution in [0.25, 0.3) is 0 Å². The van der Waals surface area contributed by atoms with Crippen LogP contribution in [-0.4, -0.2) is 177 Å². The van der Waals surface area contributed by atoms with Crippen LogP contribution in [0.3, 0.4) is 0 Å². The molecule has 1 aromatic carbocycles. The lowest BCUT2D eigenvalue weighted by atomic mass is 10.0. The van der Waals surface area contributed by atoms with E-state index in [0.717, 1.165) is 31.2 Å². The van der Waals surface area contributed by atoms with Crippen molar-refractivity contribution in [1.82, 2.24) is 54.7 Å². The van der Waals surface area contributed by atoms with Crippen molar-refractivity contribution in [1.29, 1.82) is 0 Å². The van der Waals surface area contributed by atoms with Crippen molar-refractivity contribution in [3.63, 3.8) is 0 Å². The highest BCUT2D eigenvalue weighted by atomic mass is 16.5. The van der Waals surface area contributed by atoms with Crippen molar-refractivity contribution in [2.45, 2.75) is 90.4 Å². The molecule has 4 unspecified atom stereocenters. The third kappa shape index (κ3) is 16.5. The number of terminal acetylenes is 1. The molecule has 8 N–H and O–H groups in total. The van der Waals surface area contributed by atoms with E-state index in [2.05, 4.69) is 69.4 Å². The highest BCUT2D eigenvalue weighted by Crippen LogP contribution is 2.26. The van der Waals surface area contributed by atoms with Gasteiger partial charge in [-0.05, 0) is 68.2 Å². The van der Waals surface area contributed by atoms with Crippen molar-refractivity contribution >= 4 is 29.7 Å². The van der Waals surface area contributed by atoms with Crippen molar-refractivity contribution in [3.05, 3.63) is 53.6 Å². The number of benzene rings is 1. The van der Waals surface area contributed by atoms with Gasteiger partial charge in [0.2, 0.25) is 29.7 Å². The van der Waals surface area contributed by atoms with Gasteiger partial charge in [-0.2, -0.15) is 15.0 Å². The molecule has 0 bridgehead atoms. The van der Waals surface area contributed by atoms with Crippen LogP contribution >= 0.6 is 0 Å². The molecule has 4 atom stereocenters. The Morgan fingerprint density at radius 2 is 1.21 bits per heavy atom. The first-order valence-electron chi connectivity index (χ1n) is 25.4. The van der Waals surface area contributed by atoms with Gasteiger partial charge in [-0.15, -0.1) is 16.6 Å². The topological polar surface area (TPSA) is 285 Å². The molecule has 0 aliphatic carbocycles. The molecule has 0 saturated carbocycles. The van der Waals surface area contributed by atoms with Crippen LogP contribution in [0.5, 0.6) is 5.75 Å². The second-order valence-electron chi connectivity index (χ2n) is 19.2. The molecule has 5 heterocycles. The maximum atomic E-state index is 14.5. The number of unbranched alkanes of at least 4 members (excludes halogenated alkanes) is 1. The lowest BCUT2D eigenvalue weighted by molar-refractivity contribution is -0.136. The molecule has 2 aliphatic rings. The molecule has 23 heteroatoms. The fourth-order valence-corrected chi connectivity index (χ4v) is 8.68. The first-order chi connectivity index (χ1) is 34.8. The first kappa shape index (κ1) is 55.3. The van der Waals surface area contributed by atoms with Gasteiger partial charge in [-0.3, -0.25) is 9.59 Å². The number of piperazine rings is 2. The minimum absolute atomic E-state index is 0.0291. The minimum atomic E-state index is -0.691. The number of amides is 2. The van der Waals surface area contributed by atoms with E-state index in [0.29, 0.717) is 152 Å². The molecule has 2 amide bonds. The second-order valence-corrected chi connectivity index (χ2v) is 19.2. The van der Waals surface area contributed by atoms with Crippen molar-refractivity contribution in [2.24, 2.45) is 29.0 Å². The second kappa shape index (κ2) is 28.3. The number of aromatic nitrogens is 9. The smallest absolute Gasteiger partial charge is 0.247 e. The van der Waals surface area contributed by atoms with Gasteiger partial charge in [0.05, 0.1) is 68.9 Å². The van der Waals surface area contributed by atoms with E-state index >= 15 is 0 Å². The van der Waals surface area contributed by atoms with Gasteiger partial charge in [-0.1, -0.05) is 56.2 Å². The van der Waals surface area contributed by atoms with Gasteiger partial charge in [-0.25, -0.2) is 9.36 Å². The zero-order valence-electron chi connectivity index (χ0n) is 42.6. The number of anilines is 3. The van der Waals surface area contributed by atoms with Crippen molar-refractivity contribution < 1.29 is 28.9 Å². The van der Waals surface area contributed by atoms with Crippen LogP contribution in [0.2, 0.25) is 0 Å². The average molecular weight is 1000 g/mol. The van der Waals surface area contributed by atoms with Crippen LogP contribution < -0.4 is 32.3 Å². The summed E-state index contributed by atoms with van der Waals surface area (Å²) in [5.74, 6) is 4.50. The van der Waals surface area contributed by atoms with E-state index in [1.807, 2.05) is 16.0 Å². The normalized spacial score (nSPS) is 16.0. The molecule has 4 aromatic rings. The van der Waals surface area contributed by atoms with E-state index in [-0.39, 0.29) is 36.3 Å². The van der Waals surface area contributed by atoms with Gasteiger partial charge < -0.3 is 61.4 Å². The molecular formula is C49H77N17O6. The summed E-state index contributed by atoms with van der Waals surface area (Å²) >= 11 is 0. The van der Waals surface area contributed by atoms with Crippen LogP contribution in [-0.2, 0) is 30.2 Å². The Bertz CT molecular complexity index is 2290. The molecule has 2 fully saturated rings. The maximum absolute atomic E-state index is 14.5. The summed E-state index contributed by atoms with van der Waals surface area (Å²) in [6.45, 7) is 15.2. The number of hydrogen-bond acceptors (Lipinski definition) is 19. The number of nitrogens with zero attached hydrogens (tertiary/aromatic N) is 13. The first-order valence-corrected chi connectivity index (χ1v) is 25.4. The molecule has 0 spiro atoms. The van der Waals surface area contributed by atoms with Crippen LogP contribution in [0.4, 0.5) is 17.8 Å². The zero-order valence-corrected chi connectivity index (χ0v) is 42.6. The van der Waals surface area contributed by atoms with E-state index in [9.17, 15) is 14.7 Å². The molecule has 3 aromatic heterocycles. The zero-order chi connectivity index (χ0) is 51.4. The number of nitrogens with two attached hydrogens (primary N) is 3. The third-order valence-electron chi connectivity index (χ3n) is 12.6. The van der Waals surface area contributed by atoms with Crippen LogP contribution in [0, 0.1) is 24.2 Å². The minimum Gasteiger partial charge on any atom is -0.508 e. The molecule has 2 saturated heterocycles. The Morgan fingerprint density at radius 3 is 1.72 bits per heavy atom. The fourth-order valence-electron chi connectivity index (χ4n) is 8.68. The Kier molecular flexibility index (Phi) is 21.7. The van der Waals surface area contributed by atoms with Gasteiger partial charge >= 0.3 is 0 Å². The van der Waals surface area contributed by atoms with E-state index < -0.39 is 12.1 Å². The van der Waals surface area contributed by atoms with Gasteiger partial charge in [0.1, 0.15) is 24.4 Å². The van der Waals surface area contributed by atoms with E-state index in [1.165, 1.54) is 0 Å². The van der Waals surface area contributed by atoms with E-state index in [1.54, 1.807) is 39.8 Å². The molecule has 2 aliphatic heterocycles. The molecule has 23 nitrogen and oxygen atoms in total.